The lowest BCUT2D eigenvalue weighted by atomic mass is 10.0. The van der Waals surface area contributed by atoms with Gasteiger partial charge in [0.05, 0.1) is 17.9 Å². The van der Waals surface area contributed by atoms with Crippen molar-refractivity contribution in [1.29, 1.82) is 0 Å². The first-order chi connectivity index (χ1) is 16.3. The molecule has 0 atom stereocenters. The lowest BCUT2D eigenvalue weighted by Crippen LogP contribution is -2.49. The number of nitrogens with zero attached hydrogens (tertiary/aromatic N) is 5. The van der Waals surface area contributed by atoms with Gasteiger partial charge in [-0.3, -0.25) is 9.69 Å². The molecule has 186 valence electrons. The number of aryl methyl sites for hydroxylation is 1. The maximum atomic E-state index is 14.2. The number of hydrogen-bond donors (Lipinski definition) is 0. The first-order valence-corrected chi connectivity index (χ1v) is 12.9. The first-order valence-electron chi connectivity index (χ1n) is 12.9. The zero-order valence-electron chi connectivity index (χ0n) is 21.4. The fourth-order valence-electron chi connectivity index (χ4n) is 5.39. The van der Waals surface area contributed by atoms with Gasteiger partial charge >= 0.3 is 0 Å². The maximum absolute atomic E-state index is 14.2. The summed E-state index contributed by atoms with van der Waals surface area (Å²) in [6, 6.07) is 7.24. The van der Waals surface area contributed by atoms with E-state index < -0.39 is 0 Å². The van der Waals surface area contributed by atoms with Crippen molar-refractivity contribution in [1.82, 2.24) is 19.6 Å². The second kappa shape index (κ2) is 10.5. The van der Waals surface area contributed by atoms with Crippen LogP contribution in [0.5, 0.6) is 0 Å². The second-order valence-corrected chi connectivity index (χ2v) is 10.4. The van der Waals surface area contributed by atoms with Gasteiger partial charge in [0.25, 0.3) is 0 Å². The Morgan fingerprint density at radius 2 is 1.79 bits per heavy atom. The maximum Gasteiger partial charge on any atom is 0.226 e. The summed E-state index contributed by atoms with van der Waals surface area (Å²) in [6.45, 7) is 14.9. The molecule has 1 aromatic carbocycles. The summed E-state index contributed by atoms with van der Waals surface area (Å²) in [4.78, 5) is 20.3. The third-order valence-electron chi connectivity index (χ3n) is 7.49. The second-order valence-electron chi connectivity index (χ2n) is 10.4. The Balaban J connectivity index is 1.72. The van der Waals surface area contributed by atoms with Crippen LogP contribution in [0.3, 0.4) is 0 Å². The van der Waals surface area contributed by atoms with Crippen molar-refractivity contribution in [3.05, 3.63) is 41.3 Å². The van der Waals surface area contributed by atoms with Crippen LogP contribution in [-0.2, 0) is 11.3 Å². The van der Waals surface area contributed by atoms with Gasteiger partial charge in [-0.2, -0.15) is 5.10 Å². The highest BCUT2D eigenvalue weighted by Gasteiger charge is 2.32. The van der Waals surface area contributed by atoms with E-state index in [1.165, 1.54) is 12.1 Å². The van der Waals surface area contributed by atoms with Crippen molar-refractivity contribution in [2.75, 3.05) is 31.1 Å². The van der Waals surface area contributed by atoms with E-state index in [-0.39, 0.29) is 23.7 Å². The fourth-order valence-corrected chi connectivity index (χ4v) is 5.39. The molecular formula is C27H40FN5O. The molecule has 4 rings (SSSR count). The van der Waals surface area contributed by atoms with Crippen molar-refractivity contribution in [3.8, 4) is 5.69 Å². The molecule has 6 nitrogen and oxygen atoms in total. The predicted octanol–water partition coefficient (Wildman–Crippen LogP) is 4.78. The Morgan fingerprint density at radius 1 is 1.12 bits per heavy atom. The largest absolute Gasteiger partial charge is 0.354 e. The minimum atomic E-state index is -0.275. The quantitative estimate of drug-likeness (QED) is 0.586. The molecule has 1 aliphatic carbocycles. The number of benzene rings is 1. The van der Waals surface area contributed by atoms with Crippen LogP contribution in [0.25, 0.3) is 5.69 Å². The fraction of sp³-hybridized carbons (Fsp3) is 0.630. The third kappa shape index (κ3) is 5.14. The molecular weight excluding hydrogens is 429 g/mol. The number of carbonyl (C=O) groups is 1. The molecule has 1 amide bonds. The van der Waals surface area contributed by atoms with Gasteiger partial charge in [0.15, 0.2) is 0 Å². The standard InChI is InChI=1S/C27H40FN5O/c1-19(2)30-13-15-31(16-14-30)26-25(18-32(20(3)4)27(34)22-9-6-7-10-22)21(5)29-33(26)24-12-8-11-23(28)17-24/h8,11-12,17,19-20,22H,6-7,9-10,13-16,18H2,1-5H3. The van der Waals surface area contributed by atoms with E-state index in [0.717, 1.165) is 68.9 Å². The highest BCUT2D eigenvalue weighted by atomic mass is 19.1. The van der Waals surface area contributed by atoms with Crippen LogP contribution in [0, 0.1) is 18.7 Å². The predicted molar refractivity (Wildman–Crippen MR) is 135 cm³/mol. The average Bonchev–Trinajstić information content (AvgIpc) is 3.45. The Labute approximate surface area is 203 Å². The van der Waals surface area contributed by atoms with E-state index in [0.29, 0.717) is 18.3 Å². The van der Waals surface area contributed by atoms with E-state index in [2.05, 4.69) is 37.5 Å². The van der Waals surface area contributed by atoms with Gasteiger partial charge in [0, 0.05) is 49.7 Å². The Morgan fingerprint density at radius 3 is 2.38 bits per heavy atom. The van der Waals surface area contributed by atoms with Crippen molar-refractivity contribution in [2.45, 2.75) is 78.9 Å². The van der Waals surface area contributed by atoms with Crippen LogP contribution in [0.4, 0.5) is 10.2 Å². The molecule has 0 radical (unpaired) electrons. The number of piperazine rings is 1. The van der Waals surface area contributed by atoms with Crippen LogP contribution in [0.2, 0.25) is 0 Å². The van der Waals surface area contributed by atoms with Crippen molar-refractivity contribution in [2.24, 2.45) is 5.92 Å². The third-order valence-corrected chi connectivity index (χ3v) is 7.49. The summed E-state index contributed by atoms with van der Waals surface area (Å²) in [5, 5.41) is 4.88. The van der Waals surface area contributed by atoms with Gasteiger partial charge in [-0.25, -0.2) is 9.07 Å². The first kappa shape index (κ1) is 24.7. The molecule has 0 spiro atoms. The summed E-state index contributed by atoms with van der Waals surface area (Å²) in [6.07, 6.45) is 4.27. The lowest BCUT2D eigenvalue weighted by molar-refractivity contribution is -0.137. The zero-order chi connectivity index (χ0) is 24.4. The number of aromatic nitrogens is 2. The number of hydrogen-bond acceptors (Lipinski definition) is 4. The normalized spacial score (nSPS) is 17.8. The molecule has 2 aliphatic rings. The van der Waals surface area contributed by atoms with Gasteiger partial charge in [-0.1, -0.05) is 18.9 Å². The van der Waals surface area contributed by atoms with E-state index in [4.69, 9.17) is 5.10 Å². The summed E-state index contributed by atoms with van der Waals surface area (Å²) < 4.78 is 16.0. The van der Waals surface area contributed by atoms with Crippen molar-refractivity contribution >= 4 is 11.7 Å². The minimum Gasteiger partial charge on any atom is -0.354 e. The molecule has 7 heteroatoms. The van der Waals surface area contributed by atoms with Gasteiger partial charge in [0.1, 0.15) is 11.6 Å². The molecule has 1 saturated carbocycles. The molecule has 2 fully saturated rings. The van der Waals surface area contributed by atoms with E-state index in [1.807, 2.05) is 22.6 Å². The molecule has 1 saturated heterocycles. The SMILES string of the molecule is Cc1nn(-c2cccc(F)c2)c(N2CCN(C(C)C)CC2)c1CN(C(=O)C1CCCC1)C(C)C. The summed E-state index contributed by atoms with van der Waals surface area (Å²) >= 11 is 0. The molecule has 0 N–H and O–H groups in total. The Kier molecular flexibility index (Phi) is 7.60. The van der Waals surface area contributed by atoms with Crippen LogP contribution >= 0.6 is 0 Å². The lowest BCUT2D eigenvalue weighted by Gasteiger charge is -2.39. The number of halogens is 1. The van der Waals surface area contributed by atoms with Crippen LogP contribution in [-0.4, -0.2) is 63.8 Å². The molecule has 0 unspecified atom stereocenters. The molecule has 1 aromatic heterocycles. The van der Waals surface area contributed by atoms with Crippen molar-refractivity contribution < 1.29 is 9.18 Å². The van der Waals surface area contributed by atoms with E-state index in [9.17, 15) is 9.18 Å². The van der Waals surface area contributed by atoms with E-state index >= 15 is 0 Å². The zero-order valence-corrected chi connectivity index (χ0v) is 21.4. The monoisotopic (exact) mass is 469 g/mol. The van der Waals surface area contributed by atoms with Gasteiger partial charge in [-0.05, 0) is 65.7 Å². The average molecular weight is 470 g/mol. The van der Waals surface area contributed by atoms with Gasteiger partial charge < -0.3 is 9.80 Å². The van der Waals surface area contributed by atoms with Crippen molar-refractivity contribution in [3.63, 3.8) is 0 Å². The van der Waals surface area contributed by atoms with Gasteiger partial charge in [0.2, 0.25) is 5.91 Å². The molecule has 1 aliphatic heterocycles. The number of rotatable bonds is 7. The van der Waals surface area contributed by atoms with Gasteiger partial charge in [-0.15, -0.1) is 0 Å². The molecule has 0 bridgehead atoms. The Bertz CT molecular complexity index is 987. The summed E-state index contributed by atoms with van der Waals surface area (Å²) in [5.41, 5.74) is 2.69. The smallest absolute Gasteiger partial charge is 0.226 e. The summed E-state index contributed by atoms with van der Waals surface area (Å²) in [5.74, 6) is 1.12. The molecule has 2 heterocycles. The van der Waals surface area contributed by atoms with E-state index in [1.54, 1.807) is 6.07 Å². The van der Waals surface area contributed by atoms with Crippen LogP contribution < -0.4 is 4.90 Å². The number of anilines is 1. The minimum absolute atomic E-state index is 0.107. The summed E-state index contributed by atoms with van der Waals surface area (Å²) in [7, 11) is 0. The number of amides is 1. The Hall–Kier alpha value is -2.41. The number of carbonyl (C=O) groups excluding carboxylic acids is 1. The molecule has 2 aromatic rings. The highest BCUT2D eigenvalue weighted by Crippen LogP contribution is 2.33. The highest BCUT2D eigenvalue weighted by molar-refractivity contribution is 5.79. The topological polar surface area (TPSA) is 44.6 Å². The van der Waals surface area contributed by atoms with Crippen LogP contribution in [0.1, 0.15) is 64.6 Å². The molecule has 34 heavy (non-hydrogen) atoms. The van der Waals surface area contributed by atoms with Crippen LogP contribution in [0.15, 0.2) is 24.3 Å².